The number of rotatable bonds is 5. The Morgan fingerprint density at radius 3 is 2.68 bits per heavy atom. The number of aryl methyl sites for hydroxylation is 1. The van der Waals surface area contributed by atoms with E-state index in [1.54, 1.807) is 25.1 Å². The number of carboxylic acid groups (broad SMARTS) is 1. The van der Waals surface area contributed by atoms with Crippen LogP contribution in [0.25, 0.3) is 10.9 Å². The van der Waals surface area contributed by atoms with Gasteiger partial charge in [0, 0.05) is 34.4 Å². The fourth-order valence-corrected chi connectivity index (χ4v) is 2.79. The van der Waals surface area contributed by atoms with Crippen LogP contribution in [-0.4, -0.2) is 16.1 Å². The Labute approximate surface area is 143 Å². The minimum absolute atomic E-state index is 0.147. The largest absolute Gasteiger partial charge is 0.481 e. The summed E-state index contributed by atoms with van der Waals surface area (Å²) >= 11 is 0. The third-order valence-electron chi connectivity index (χ3n) is 4.00. The maximum atomic E-state index is 13.9. The summed E-state index contributed by atoms with van der Waals surface area (Å²) in [6.45, 7) is 1.85. The highest BCUT2D eigenvalue weighted by atomic mass is 19.1. The molecule has 0 saturated carbocycles. The zero-order valence-corrected chi connectivity index (χ0v) is 13.5. The van der Waals surface area contributed by atoms with Gasteiger partial charge in [-0.2, -0.15) is 0 Å². The van der Waals surface area contributed by atoms with Gasteiger partial charge in [-0.1, -0.05) is 18.2 Å². The molecule has 0 atom stereocenters. The predicted octanol–water partition coefficient (Wildman–Crippen LogP) is 4.06. The number of aliphatic carboxylic acids is 1. The highest BCUT2D eigenvalue weighted by Crippen LogP contribution is 2.30. The lowest BCUT2D eigenvalue weighted by molar-refractivity contribution is -0.136. The average molecular weight is 342 g/mol. The second-order valence-corrected chi connectivity index (χ2v) is 5.73. The number of pyridine rings is 1. The van der Waals surface area contributed by atoms with Gasteiger partial charge in [0.05, 0.1) is 11.9 Å². The number of carbonyl (C=O) groups is 1. The Balaban J connectivity index is 2.10. The molecule has 2 N–H and O–H groups in total. The van der Waals surface area contributed by atoms with Crippen molar-refractivity contribution in [2.45, 2.75) is 19.9 Å². The number of hydrogen-bond acceptors (Lipinski definition) is 3. The number of anilines is 1. The van der Waals surface area contributed by atoms with Gasteiger partial charge in [0.15, 0.2) is 0 Å². The molecule has 0 amide bonds. The molecule has 6 heteroatoms. The zero-order chi connectivity index (χ0) is 18.0. The van der Waals surface area contributed by atoms with E-state index in [1.807, 2.05) is 0 Å². The van der Waals surface area contributed by atoms with Crippen molar-refractivity contribution in [2.24, 2.45) is 0 Å². The van der Waals surface area contributed by atoms with Crippen LogP contribution in [0, 0.1) is 18.6 Å². The highest BCUT2D eigenvalue weighted by molar-refractivity contribution is 5.94. The Kier molecular flexibility index (Phi) is 4.61. The maximum absolute atomic E-state index is 13.9. The van der Waals surface area contributed by atoms with Crippen molar-refractivity contribution >= 4 is 22.6 Å². The summed E-state index contributed by atoms with van der Waals surface area (Å²) in [5.41, 5.74) is 2.44. The molecule has 4 nitrogen and oxygen atoms in total. The summed E-state index contributed by atoms with van der Waals surface area (Å²) < 4.78 is 27.6. The molecule has 128 valence electrons. The third kappa shape index (κ3) is 3.57. The van der Waals surface area contributed by atoms with Crippen molar-refractivity contribution in [3.8, 4) is 0 Å². The molecule has 0 radical (unpaired) electrons. The lowest BCUT2D eigenvalue weighted by Crippen LogP contribution is -2.11. The number of aromatic nitrogens is 1. The minimum atomic E-state index is -1.02. The van der Waals surface area contributed by atoms with Crippen molar-refractivity contribution in [3.63, 3.8) is 0 Å². The van der Waals surface area contributed by atoms with E-state index >= 15 is 0 Å². The second-order valence-electron chi connectivity index (χ2n) is 5.73. The van der Waals surface area contributed by atoms with Crippen LogP contribution in [-0.2, 0) is 17.8 Å². The molecule has 3 rings (SSSR count). The maximum Gasteiger partial charge on any atom is 0.307 e. The molecule has 3 aromatic rings. The van der Waals surface area contributed by atoms with Crippen LogP contribution in [0.15, 0.2) is 42.5 Å². The van der Waals surface area contributed by atoms with E-state index in [4.69, 9.17) is 0 Å². The quantitative estimate of drug-likeness (QED) is 0.734. The van der Waals surface area contributed by atoms with Gasteiger partial charge in [0.25, 0.3) is 0 Å². The summed E-state index contributed by atoms with van der Waals surface area (Å²) in [5.74, 6) is -1.83. The molecule has 2 aromatic carbocycles. The number of fused-ring (bicyclic) bond motifs is 1. The van der Waals surface area contributed by atoms with Crippen molar-refractivity contribution < 1.29 is 18.7 Å². The van der Waals surface area contributed by atoms with Gasteiger partial charge in [0.1, 0.15) is 11.6 Å². The lowest BCUT2D eigenvalue weighted by Gasteiger charge is -2.16. The van der Waals surface area contributed by atoms with Crippen LogP contribution in [0.4, 0.5) is 14.5 Å². The van der Waals surface area contributed by atoms with Crippen LogP contribution in [0.2, 0.25) is 0 Å². The number of halogens is 2. The van der Waals surface area contributed by atoms with E-state index in [9.17, 15) is 18.7 Å². The Morgan fingerprint density at radius 1 is 1.20 bits per heavy atom. The number of nitrogens with one attached hydrogen (secondary N) is 1. The molecule has 0 aliphatic carbocycles. The van der Waals surface area contributed by atoms with Gasteiger partial charge in [-0.15, -0.1) is 0 Å². The zero-order valence-electron chi connectivity index (χ0n) is 13.5. The van der Waals surface area contributed by atoms with Crippen LogP contribution in [0.5, 0.6) is 0 Å². The fourth-order valence-electron chi connectivity index (χ4n) is 2.79. The molecule has 0 bridgehead atoms. The average Bonchev–Trinajstić information content (AvgIpc) is 2.56. The molecule has 1 aromatic heterocycles. The molecule has 0 saturated heterocycles. The SMILES string of the molecule is Cc1nc2ccc(F)cc2c(NCc2ccccc2F)c1CC(=O)O. The molecule has 0 aliphatic rings. The molecule has 0 spiro atoms. The van der Waals surface area contributed by atoms with E-state index in [-0.39, 0.29) is 18.8 Å². The van der Waals surface area contributed by atoms with Gasteiger partial charge in [-0.05, 0) is 31.2 Å². The predicted molar refractivity (Wildman–Crippen MR) is 91.5 cm³/mol. The fraction of sp³-hybridized carbons (Fsp3) is 0.158. The topological polar surface area (TPSA) is 62.2 Å². The van der Waals surface area contributed by atoms with Gasteiger partial charge >= 0.3 is 5.97 Å². The van der Waals surface area contributed by atoms with Crippen molar-refractivity contribution in [1.29, 1.82) is 0 Å². The van der Waals surface area contributed by atoms with E-state index in [1.165, 1.54) is 24.3 Å². The molecule has 0 fully saturated rings. The molecule has 25 heavy (non-hydrogen) atoms. The summed E-state index contributed by atoms with van der Waals surface area (Å²) in [5, 5.41) is 12.7. The summed E-state index contributed by atoms with van der Waals surface area (Å²) in [6.07, 6.45) is -0.259. The molecule has 0 unspecified atom stereocenters. The molecule has 1 heterocycles. The van der Waals surface area contributed by atoms with Crippen molar-refractivity contribution in [1.82, 2.24) is 4.98 Å². The number of hydrogen-bond donors (Lipinski definition) is 2. The Bertz CT molecular complexity index is 958. The lowest BCUT2D eigenvalue weighted by atomic mass is 10.0. The van der Waals surface area contributed by atoms with Crippen molar-refractivity contribution in [2.75, 3.05) is 5.32 Å². The van der Waals surface area contributed by atoms with Crippen LogP contribution in [0.3, 0.4) is 0 Å². The van der Waals surface area contributed by atoms with E-state index in [2.05, 4.69) is 10.3 Å². The van der Waals surface area contributed by atoms with Crippen LogP contribution < -0.4 is 5.32 Å². The van der Waals surface area contributed by atoms with E-state index in [0.29, 0.717) is 33.4 Å². The Morgan fingerprint density at radius 2 is 1.96 bits per heavy atom. The molecule has 0 aliphatic heterocycles. The number of carboxylic acids is 1. The first-order valence-corrected chi connectivity index (χ1v) is 7.73. The smallest absolute Gasteiger partial charge is 0.307 e. The number of benzene rings is 2. The van der Waals surface area contributed by atoms with Crippen LogP contribution >= 0.6 is 0 Å². The van der Waals surface area contributed by atoms with Gasteiger partial charge in [-0.25, -0.2) is 8.78 Å². The summed E-state index contributed by atoms with van der Waals surface area (Å²) in [7, 11) is 0. The molecular weight excluding hydrogens is 326 g/mol. The van der Waals surface area contributed by atoms with E-state index in [0.717, 1.165) is 0 Å². The molecular formula is C19H16F2N2O2. The van der Waals surface area contributed by atoms with Gasteiger partial charge in [0.2, 0.25) is 0 Å². The first kappa shape index (κ1) is 16.8. The van der Waals surface area contributed by atoms with E-state index < -0.39 is 11.8 Å². The Hall–Kier alpha value is -3.02. The van der Waals surface area contributed by atoms with Crippen LogP contribution in [0.1, 0.15) is 16.8 Å². The third-order valence-corrected chi connectivity index (χ3v) is 4.00. The monoisotopic (exact) mass is 342 g/mol. The minimum Gasteiger partial charge on any atom is -0.481 e. The standard InChI is InChI=1S/C19H16F2N2O2/c1-11-14(9-18(24)25)19(15-8-13(20)6-7-17(15)23-11)22-10-12-4-2-3-5-16(12)21/h2-8H,9-10H2,1H3,(H,22,23)(H,24,25). The normalized spacial score (nSPS) is 10.8. The van der Waals surface area contributed by atoms with Gasteiger partial charge in [-0.3, -0.25) is 9.78 Å². The summed E-state index contributed by atoms with van der Waals surface area (Å²) in [4.78, 5) is 15.6. The van der Waals surface area contributed by atoms with Gasteiger partial charge < -0.3 is 10.4 Å². The van der Waals surface area contributed by atoms with Crippen molar-refractivity contribution in [3.05, 3.63) is 70.9 Å². The number of nitrogens with zero attached hydrogens (tertiary/aromatic N) is 1. The summed E-state index contributed by atoms with van der Waals surface area (Å²) in [6, 6.07) is 10.4. The second kappa shape index (κ2) is 6.84. The highest BCUT2D eigenvalue weighted by Gasteiger charge is 2.16. The first-order chi connectivity index (χ1) is 12.0. The first-order valence-electron chi connectivity index (χ1n) is 7.73.